The van der Waals surface area contributed by atoms with Crippen molar-refractivity contribution in [2.24, 2.45) is 0 Å². The van der Waals surface area contributed by atoms with Gasteiger partial charge in [-0.2, -0.15) is 0 Å². The Labute approximate surface area is 117 Å². The van der Waals surface area contributed by atoms with Crippen LogP contribution in [0.2, 0.25) is 0 Å². The highest BCUT2D eigenvalue weighted by atomic mass is 16.2. The number of pyridine rings is 1. The van der Waals surface area contributed by atoms with Crippen LogP contribution in [-0.2, 0) is 9.59 Å². The van der Waals surface area contributed by atoms with E-state index in [9.17, 15) is 9.59 Å². The molecule has 0 saturated carbocycles. The van der Waals surface area contributed by atoms with Crippen molar-refractivity contribution in [2.75, 3.05) is 10.6 Å². The normalized spacial score (nSPS) is 9.90. The van der Waals surface area contributed by atoms with E-state index in [0.29, 0.717) is 11.4 Å². The molecule has 20 heavy (non-hydrogen) atoms. The number of nitrogens with one attached hydrogen (secondary N) is 2. The number of aryl methyl sites for hydroxylation is 1. The summed E-state index contributed by atoms with van der Waals surface area (Å²) in [5.41, 5.74) is 3.11. The minimum atomic E-state index is -0.723. The van der Waals surface area contributed by atoms with Crippen molar-refractivity contribution in [1.82, 2.24) is 4.98 Å². The number of rotatable bonds is 2. The van der Waals surface area contributed by atoms with Gasteiger partial charge in [0.15, 0.2) is 0 Å². The van der Waals surface area contributed by atoms with Gasteiger partial charge >= 0.3 is 11.8 Å². The molecule has 2 amide bonds. The minimum absolute atomic E-state index is 0.480. The number of hydrogen-bond donors (Lipinski definition) is 2. The largest absolute Gasteiger partial charge is 0.318 e. The summed E-state index contributed by atoms with van der Waals surface area (Å²) in [5, 5.41) is 5.08. The molecule has 2 aromatic rings. The standard InChI is InChI=1S/C15H15N3O2/c1-10-5-3-7-13(11(10)2)18-15(20)14(19)17-12-6-4-8-16-9-12/h3-9H,1-2H3,(H,17,19)(H,18,20). The van der Waals surface area contributed by atoms with Gasteiger partial charge in [0, 0.05) is 11.9 Å². The Balaban J connectivity index is 2.05. The number of anilines is 2. The van der Waals surface area contributed by atoms with Crippen molar-refractivity contribution < 1.29 is 9.59 Å². The van der Waals surface area contributed by atoms with Crippen molar-refractivity contribution in [3.05, 3.63) is 53.9 Å². The zero-order valence-corrected chi connectivity index (χ0v) is 11.3. The van der Waals surface area contributed by atoms with Crippen molar-refractivity contribution in [3.8, 4) is 0 Å². The first-order valence-electron chi connectivity index (χ1n) is 6.16. The van der Waals surface area contributed by atoms with Crippen LogP contribution < -0.4 is 10.6 Å². The summed E-state index contributed by atoms with van der Waals surface area (Å²) in [4.78, 5) is 27.5. The van der Waals surface area contributed by atoms with Crippen molar-refractivity contribution in [3.63, 3.8) is 0 Å². The number of aromatic nitrogens is 1. The summed E-state index contributed by atoms with van der Waals surface area (Å²) < 4.78 is 0. The molecule has 0 aliphatic heterocycles. The zero-order chi connectivity index (χ0) is 14.5. The quantitative estimate of drug-likeness (QED) is 0.822. The molecule has 1 aromatic carbocycles. The van der Waals surface area contributed by atoms with Crippen LogP contribution in [0.5, 0.6) is 0 Å². The fourth-order valence-corrected chi connectivity index (χ4v) is 1.69. The molecule has 1 aromatic heterocycles. The van der Waals surface area contributed by atoms with Gasteiger partial charge in [-0.05, 0) is 43.2 Å². The highest BCUT2D eigenvalue weighted by molar-refractivity contribution is 6.43. The summed E-state index contributed by atoms with van der Waals surface area (Å²) in [7, 11) is 0. The molecule has 5 heteroatoms. The van der Waals surface area contributed by atoms with Crippen LogP contribution in [-0.4, -0.2) is 16.8 Å². The third kappa shape index (κ3) is 3.20. The van der Waals surface area contributed by atoms with Crippen LogP contribution in [0.25, 0.3) is 0 Å². The average Bonchev–Trinajstić information content (AvgIpc) is 2.45. The molecule has 1 heterocycles. The number of hydrogen-bond acceptors (Lipinski definition) is 3. The van der Waals surface area contributed by atoms with E-state index >= 15 is 0 Å². The predicted molar refractivity (Wildman–Crippen MR) is 77.4 cm³/mol. The monoisotopic (exact) mass is 269 g/mol. The van der Waals surface area contributed by atoms with Crippen LogP contribution in [0.15, 0.2) is 42.7 Å². The second kappa shape index (κ2) is 5.97. The van der Waals surface area contributed by atoms with E-state index in [4.69, 9.17) is 0 Å². The first-order chi connectivity index (χ1) is 9.58. The van der Waals surface area contributed by atoms with Crippen LogP contribution >= 0.6 is 0 Å². The van der Waals surface area contributed by atoms with Crippen molar-refractivity contribution >= 4 is 23.2 Å². The predicted octanol–water partition coefficient (Wildman–Crippen LogP) is 2.28. The maximum atomic E-state index is 11.8. The molecule has 0 fully saturated rings. The Morgan fingerprint density at radius 1 is 1.00 bits per heavy atom. The maximum Gasteiger partial charge on any atom is 0.314 e. The Bertz CT molecular complexity index is 639. The fourth-order valence-electron chi connectivity index (χ4n) is 1.69. The average molecular weight is 269 g/mol. The highest BCUT2D eigenvalue weighted by Gasteiger charge is 2.15. The summed E-state index contributed by atoms with van der Waals surface area (Å²) in [6.45, 7) is 3.84. The lowest BCUT2D eigenvalue weighted by Gasteiger charge is -2.10. The van der Waals surface area contributed by atoms with Gasteiger partial charge in [-0.1, -0.05) is 12.1 Å². The molecule has 0 aliphatic carbocycles. The zero-order valence-electron chi connectivity index (χ0n) is 11.3. The molecular formula is C15H15N3O2. The van der Waals surface area contributed by atoms with Gasteiger partial charge in [0.2, 0.25) is 0 Å². The van der Waals surface area contributed by atoms with Crippen LogP contribution in [0.3, 0.4) is 0 Å². The first-order valence-corrected chi connectivity index (χ1v) is 6.16. The van der Waals surface area contributed by atoms with Crippen molar-refractivity contribution in [2.45, 2.75) is 13.8 Å². The number of carbonyl (C=O) groups excluding carboxylic acids is 2. The molecule has 5 nitrogen and oxygen atoms in total. The molecule has 2 rings (SSSR count). The second-order valence-corrected chi connectivity index (χ2v) is 4.40. The molecule has 0 saturated heterocycles. The lowest BCUT2D eigenvalue weighted by atomic mass is 10.1. The molecular weight excluding hydrogens is 254 g/mol. The topological polar surface area (TPSA) is 71.1 Å². The Morgan fingerprint density at radius 2 is 1.75 bits per heavy atom. The lowest BCUT2D eigenvalue weighted by molar-refractivity contribution is -0.133. The summed E-state index contributed by atoms with van der Waals surface area (Å²) in [5.74, 6) is -1.43. The van der Waals surface area contributed by atoms with Gasteiger partial charge in [0.25, 0.3) is 0 Å². The Morgan fingerprint density at radius 3 is 2.45 bits per heavy atom. The van der Waals surface area contributed by atoms with E-state index in [1.165, 1.54) is 6.20 Å². The van der Waals surface area contributed by atoms with Gasteiger partial charge in [-0.3, -0.25) is 14.6 Å². The van der Waals surface area contributed by atoms with E-state index in [-0.39, 0.29) is 0 Å². The highest BCUT2D eigenvalue weighted by Crippen LogP contribution is 2.17. The second-order valence-electron chi connectivity index (χ2n) is 4.40. The van der Waals surface area contributed by atoms with Crippen LogP contribution in [0, 0.1) is 13.8 Å². The summed E-state index contributed by atoms with van der Waals surface area (Å²) >= 11 is 0. The first kappa shape index (κ1) is 13.7. The van der Waals surface area contributed by atoms with Gasteiger partial charge in [-0.15, -0.1) is 0 Å². The molecule has 0 aliphatic rings. The molecule has 2 N–H and O–H groups in total. The van der Waals surface area contributed by atoms with Gasteiger partial charge < -0.3 is 10.6 Å². The third-order valence-corrected chi connectivity index (χ3v) is 2.98. The summed E-state index contributed by atoms with van der Waals surface area (Å²) in [6, 6.07) is 8.88. The Kier molecular flexibility index (Phi) is 4.10. The van der Waals surface area contributed by atoms with Crippen LogP contribution in [0.1, 0.15) is 11.1 Å². The smallest absolute Gasteiger partial charge is 0.314 e. The lowest BCUT2D eigenvalue weighted by Crippen LogP contribution is -2.29. The van der Waals surface area contributed by atoms with Gasteiger partial charge in [0.1, 0.15) is 0 Å². The summed E-state index contributed by atoms with van der Waals surface area (Å²) in [6.07, 6.45) is 3.06. The molecule has 0 spiro atoms. The SMILES string of the molecule is Cc1cccc(NC(=O)C(=O)Nc2cccnc2)c1C. The number of nitrogens with zero attached hydrogens (tertiary/aromatic N) is 1. The maximum absolute atomic E-state index is 11.8. The fraction of sp³-hybridized carbons (Fsp3) is 0.133. The number of amides is 2. The van der Waals surface area contributed by atoms with Crippen LogP contribution in [0.4, 0.5) is 11.4 Å². The molecule has 102 valence electrons. The van der Waals surface area contributed by atoms with E-state index in [1.807, 2.05) is 26.0 Å². The van der Waals surface area contributed by atoms with E-state index < -0.39 is 11.8 Å². The molecule has 0 unspecified atom stereocenters. The molecule has 0 radical (unpaired) electrons. The number of carbonyl (C=O) groups is 2. The van der Waals surface area contributed by atoms with E-state index in [2.05, 4.69) is 15.6 Å². The molecule has 0 bridgehead atoms. The van der Waals surface area contributed by atoms with E-state index in [0.717, 1.165) is 11.1 Å². The Hall–Kier alpha value is -2.69. The van der Waals surface area contributed by atoms with Gasteiger partial charge in [0.05, 0.1) is 11.9 Å². The van der Waals surface area contributed by atoms with E-state index in [1.54, 1.807) is 24.4 Å². The van der Waals surface area contributed by atoms with Crippen molar-refractivity contribution in [1.29, 1.82) is 0 Å². The number of benzene rings is 1. The minimum Gasteiger partial charge on any atom is -0.318 e. The molecule has 0 atom stereocenters. The third-order valence-electron chi connectivity index (χ3n) is 2.98. The van der Waals surface area contributed by atoms with Gasteiger partial charge in [-0.25, -0.2) is 0 Å².